The highest BCUT2D eigenvalue weighted by Gasteiger charge is 2.49. The number of nitrogens with one attached hydrogen (secondary N) is 5. The highest BCUT2D eigenvalue weighted by molar-refractivity contribution is 7.86. The molecule has 0 radical (unpaired) electrons. The van der Waals surface area contributed by atoms with E-state index in [9.17, 15) is 118 Å². The monoisotopic (exact) mass is 1660 g/mol. The SMILES string of the molecule is CC12CCCCCC(=O)NCCCCCNC(=O)C(CS(=O)(=O)O)NC(=O)C(CS(=O)(=O)O)NC(=O)C(CS(=O)(=O)O)NC(=O)CCCCCC3(C)C(=[N+](CCCCCC(=O)ON4C(=O)CCC4=O)c4ccc(S(=O)(=O)O)cc43)C=CC=CC=C1N(CCCCCC(=O)ON1C(=O)CCC1=O)c1ccc(S(=O)(=O)O)cc12. The van der Waals surface area contributed by atoms with Crippen LogP contribution >= 0.6 is 0 Å². The third-order valence-electron chi connectivity index (χ3n) is 19.4. The Morgan fingerprint density at radius 2 is 0.946 bits per heavy atom. The van der Waals surface area contributed by atoms with Crippen molar-refractivity contribution in [2.45, 2.75) is 213 Å². The van der Waals surface area contributed by atoms with Crippen LogP contribution in [0.25, 0.3) is 0 Å². The second-order valence-corrected chi connectivity index (χ2v) is 35.3. The van der Waals surface area contributed by atoms with Gasteiger partial charge in [0.05, 0.1) is 15.2 Å². The second kappa shape index (κ2) is 39.1. The van der Waals surface area contributed by atoms with Crippen LogP contribution in [0.4, 0.5) is 11.4 Å². The number of carbonyl (C=O) groups is 11. The minimum absolute atomic E-state index is 0.0203. The van der Waals surface area contributed by atoms with Crippen LogP contribution in [-0.4, -0.2) is 212 Å². The molecule has 9 amide bonds. The van der Waals surface area contributed by atoms with Crippen LogP contribution in [0.15, 0.2) is 82.3 Å². The number of nitrogens with zero attached hydrogens (tertiary/aromatic N) is 4. The van der Waals surface area contributed by atoms with E-state index in [1.807, 2.05) is 33.1 Å². The maximum atomic E-state index is 13.8. The number of benzene rings is 2. The first kappa shape index (κ1) is 89.5. The van der Waals surface area contributed by atoms with Gasteiger partial charge in [-0.3, -0.25) is 65.9 Å². The summed E-state index contributed by atoms with van der Waals surface area (Å²) in [6.07, 6.45) is 12.9. The molecule has 2 aromatic carbocycles. The molecular formula is C69H94N9O28S5+. The zero-order valence-corrected chi connectivity index (χ0v) is 65.2. The zero-order valence-electron chi connectivity index (χ0n) is 61.2. The molecule has 7 rings (SSSR count). The van der Waals surface area contributed by atoms with Crippen LogP contribution in [0.1, 0.15) is 185 Å². The number of hydrogen-bond acceptors (Lipinski definition) is 24. The molecule has 0 spiro atoms. The van der Waals surface area contributed by atoms with Gasteiger partial charge in [-0.2, -0.15) is 46.7 Å². The van der Waals surface area contributed by atoms with Gasteiger partial charge in [0, 0.05) is 112 Å². The number of anilines is 1. The third kappa shape index (κ3) is 26.4. The first-order chi connectivity index (χ1) is 52.0. The number of amides is 9. The number of fused-ring (bicyclic) bond motifs is 6. The molecule has 2 aromatic rings. The van der Waals surface area contributed by atoms with Gasteiger partial charge < -0.3 is 41.2 Å². The molecule has 2 fully saturated rings. The minimum atomic E-state index is -5.28. The van der Waals surface area contributed by atoms with Gasteiger partial charge in [-0.15, -0.1) is 10.1 Å². The topological polar surface area (TPSA) is 551 Å². The number of allylic oxidation sites excluding steroid dienone is 6. The lowest BCUT2D eigenvalue weighted by Gasteiger charge is -2.30. The first-order valence-electron chi connectivity index (χ1n) is 36.1. The highest BCUT2D eigenvalue weighted by atomic mass is 32.2. The van der Waals surface area contributed by atoms with Gasteiger partial charge in [0.2, 0.25) is 35.2 Å². The second-order valence-electron chi connectivity index (χ2n) is 28.0. The Labute approximate surface area is 642 Å². The van der Waals surface area contributed by atoms with Crippen LogP contribution < -0.4 is 31.5 Å². The Kier molecular flexibility index (Phi) is 31.5. The van der Waals surface area contributed by atoms with Crippen molar-refractivity contribution in [1.82, 2.24) is 36.7 Å². The van der Waals surface area contributed by atoms with Crippen molar-refractivity contribution < 1.29 is 132 Å². The molecule has 42 heteroatoms. The van der Waals surface area contributed by atoms with E-state index in [2.05, 4.69) is 16.0 Å². The molecule has 5 unspecified atom stereocenters. The fourth-order valence-corrected chi connectivity index (χ4v) is 16.7. The summed E-state index contributed by atoms with van der Waals surface area (Å²) in [7, 11) is -25.2. The average molecular weight is 1660 g/mol. The quantitative estimate of drug-likeness (QED) is 0.0350. The van der Waals surface area contributed by atoms with Crippen LogP contribution in [0, 0.1) is 0 Å². The van der Waals surface area contributed by atoms with Crippen LogP contribution in [0.5, 0.6) is 0 Å². The third-order valence-corrected chi connectivity index (χ3v) is 23.3. The summed E-state index contributed by atoms with van der Waals surface area (Å²) in [4.78, 5) is 153. The Bertz CT molecular complexity index is 4610. The Morgan fingerprint density at radius 3 is 1.47 bits per heavy atom. The van der Waals surface area contributed by atoms with E-state index in [1.165, 1.54) is 30.3 Å². The Balaban J connectivity index is 1.25. The summed E-state index contributed by atoms with van der Waals surface area (Å²) in [6, 6.07) is 1.28. The summed E-state index contributed by atoms with van der Waals surface area (Å²) in [5.74, 6) is -14.9. The van der Waals surface area contributed by atoms with Crippen molar-refractivity contribution in [3.8, 4) is 0 Å². The number of unbranched alkanes of at least 4 members (excludes halogenated alkanes) is 4. The summed E-state index contributed by atoms with van der Waals surface area (Å²) >= 11 is 0. The smallest absolute Gasteiger partial charge is 0.333 e. The molecule has 0 saturated carbocycles. The molecule has 111 heavy (non-hydrogen) atoms. The maximum Gasteiger partial charge on any atom is 0.333 e. The van der Waals surface area contributed by atoms with Gasteiger partial charge in [0.1, 0.15) is 41.9 Å². The van der Waals surface area contributed by atoms with E-state index in [0.29, 0.717) is 115 Å². The standard InChI is InChI=1S/C69H93N9O28S5/c1-68-35-15-4-11-23-57(79)70-37-17-8-18-38-71-65(87)50(43-107(90,91)92)73-67(89)52(45-109(96,97)98)74-66(88)51(44-108(93,94)95)72-58(80)24-12-5-16-36-69(2)49-42-47(111(102,103)104)28-30-54(49)76(40-20-7-14-26-64(86)106-78-61(83)33-34-62(78)84)56(69)22-10-3-9-21-55(68)75(53-29-27-46(41-48(53)68)110(99,100)101)39-19-6-13-25-63(85)105-77-59(81)31-32-60(77)82/h3,9-10,21-22,27-30,41-42,50-52H,4-8,11-20,23-26,31-40,43-45H2,1-2H3,(H9-,70,71,72,73,74,79,80,87,88,89,90,91,92,93,94,95,96,97,98,99,100,101,102,103,104)/p+1. The zero-order chi connectivity index (χ0) is 81.9. The molecule has 5 heterocycles. The average Bonchev–Trinajstić information content (AvgIpc) is 1.59. The van der Waals surface area contributed by atoms with Gasteiger partial charge in [-0.1, -0.05) is 50.3 Å². The number of carbonyl (C=O) groups excluding carboxylic acids is 11. The number of hydrogen-bond donors (Lipinski definition) is 10. The van der Waals surface area contributed by atoms with Crippen molar-refractivity contribution in [3.63, 3.8) is 0 Å². The number of imide groups is 2. The predicted octanol–water partition coefficient (Wildman–Crippen LogP) is 3.08. The van der Waals surface area contributed by atoms with Gasteiger partial charge in [0.15, 0.2) is 5.71 Å². The van der Waals surface area contributed by atoms with Crippen LogP contribution in [0.3, 0.4) is 0 Å². The minimum Gasteiger partial charge on any atom is -0.356 e. The summed E-state index contributed by atoms with van der Waals surface area (Å²) in [5, 5.41) is 11.9. The Hall–Kier alpha value is -8.75. The molecule has 5 aliphatic rings. The van der Waals surface area contributed by atoms with Gasteiger partial charge in [-0.05, 0) is 126 Å². The van der Waals surface area contributed by atoms with E-state index in [-0.39, 0.29) is 120 Å². The molecular weight excluding hydrogens is 1560 g/mol. The van der Waals surface area contributed by atoms with E-state index in [0.717, 1.165) is 0 Å². The maximum absolute atomic E-state index is 13.8. The fraction of sp³-hybridized carbons (Fsp3) is 0.565. The predicted molar refractivity (Wildman–Crippen MR) is 393 cm³/mol. The highest BCUT2D eigenvalue weighted by Crippen LogP contribution is 2.52. The van der Waals surface area contributed by atoms with E-state index in [4.69, 9.17) is 9.68 Å². The van der Waals surface area contributed by atoms with E-state index in [1.54, 1.807) is 37.3 Å². The molecule has 0 bridgehead atoms. The lowest BCUT2D eigenvalue weighted by molar-refractivity contribution is -0.438. The number of hydroxylamine groups is 4. The van der Waals surface area contributed by atoms with Crippen LogP contribution in [-0.2, 0) is 124 Å². The van der Waals surface area contributed by atoms with Crippen molar-refractivity contribution in [3.05, 3.63) is 83.6 Å². The summed E-state index contributed by atoms with van der Waals surface area (Å²) in [6.45, 7) is 4.20. The van der Waals surface area contributed by atoms with Gasteiger partial charge in [0.25, 0.3) is 74.2 Å². The van der Waals surface area contributed by atoms with Crippen LogP contribution in [0.2, 0.25) is 0 Å². The first-order valence-corrected chi connectivity index (χ1v) is 43.8. The molecule has 612 valence electrons. The Morgan fingerprint density at radius 1 is 0.486 bits per heavy atom. The molecule has 0 aromatic heterocycles. The molecule has 10 N–H and O–H groups in total. The normalized spacial score (nSPS) is 22.8. The van der Waals surface area contributed by atoms with Crippen molar-refractivity contribution in [2.24, 2.45) is 0 Å². The summed E-state index contributed by atoms with van der Waals surface area (Å²) in [5.41, 5.74) is 1.11. The van der Waals surface area contributed by atoms with Gasteiger partial charge >= 0.3 is 11.9 Å². The molecule has 0 aliphatic carbocycles. The summed E-state index contributed by atoms with van der Waals surface area (Å²) < 4.78 is 177. The molecule has 5 aliphatic heterocycles. The fourth-order valence-electron chi connectivity index (χ4n) is 13.7. The molecule has 5 atom stereocenters. The van der Waals surface area contributed by atoms with Crippen molar-refractivity contribution >= 4 is 133 Å². The van der Waals surface area contributed by atoms with Gasteiger partial charge in [-0.25, -0.2) is 9.59 Å². The molecule has 37 nitrogen and oxygen atoms in total. The molecule has 2 saturated heterocycles. The van der Waals surface area contributed by atoms with Crippen molar-refractivity contribution in [2.75, 3.05) is 48.3 Å². The largest absolute Gasteiger partial charge is 0.356 e. The van der Waals surface area contributed by atoms with E-state index < -0.39 is 167 Å². The lowest BCUT2D eigenvalue weighted by Crippen LogP contribution is -2.60. The number of rotatable bonds is 22. The lowest BCUT2D eigenvalue weighted by atomic mass is 9.75. The van der Waals surface area contributed by atoms with E-state index >= 15 is 0 Å². The van der Waals surface area contributed by atoms with Crippen molar-refractivity contribution in [1.29, 1.82) is 0 Å².